The van der Waals surface area contributed by atoms with Crippen molar-refractivity contribution in [3.05, 3.63) is 48.0 Å². The lowest BCUT2D eigenvalue weighted by molar-refractivity contribution is -0.133. The summed E-state index contributed by atoms with van der Waals surface area (Å²) in [6.07, 6.45) is 6.06. The number of amidine groups is 1. The Balaban J connectivity index is 0.000000325. The number of nitrogens with two attached hydrogens (primary N) is 2. The Bertz CT molecular complexity index is 1270. The highest BCUT2D eigenvalue weighted by Crippen LogP contribution is 2.43. The van der Waals surface area contributed by atoms with E-state index in [0.717, 1.165) is 46.3 Å². The van der Waals surface area contributed by atoms with E-state index in [2.05, 4.69) is 31.7 Å². The second-order valence-corrected chi connectivity index (χ2v) is 9.57. The van der Waals surface area contributed by atoms with Gasteiger partial charge in [0.05, 0.1) is 16.8 Å². The fourth-order valence-electron chi connectivity index (χ4n) is 4.68. The first-order chi connectivity index (χ1) is 17.3. The average molecular weight is 490 g/mol. The Hall–Kier alpha value is -3.81. The molecule has 2 aliphatic carbocycles. The number of hydrogen-bond donors (Lipinski definition) is 3. The number of carbonyl (C=O) groups excluding carboxylic acids is 2. The highest BCUT2D eigenvalue weighted by Gasteiger charge is 2.29. The molecule has 1 unspecified atom stereocenters. The first-order valence-corrected chi connectivity index (χ1v) is 12.5. The van der Waals surface area contributed by atoms with E-state index in [-0.39, 0.29) is 17.8 Å². The molecule has 5 N–H and O–H groups in total. The average Bonchev–Trinajstić information content (AvgIpc) is 3.62. The molecule has 36 heavy (non-hydrogen) atoms. The van der Waals surface area contributed by atoms with Crippen LogP contribution in [0.4, 0.5) is 11.4 Å². The minimum absolute atomic E-state index is 0.160. The van der Waals surface area contributed by atoms with E-state index in [1.165, 1.54) is 26.2 Å². The number of nitrogen functional groups attached to an aromatic ring is 1. The summed E-state index contributed by atoms with van der Waals surface area (Å²) in [7, 11) is 1.89. The zero-order valence-electron chi connectivity index (χ0n) is 21.2. The van der Waals surface area contributed by atoms with Gasteiger partial charge in [-0.25, -0.2) is 0 Å². The molecule has 0 bridgehead atoms. The van der Waals surface area contributed by atoms with E-state index in [1.807, 2.05) is 44.3 Å². The van der Waals surface area contributed by atoms with Crippen molar-refractivity contribution in [3.8, 4) is 11.3 Å². The van der Waals surface area contributed by atoms with Gasteiger partial charge in [0.15, 0.2) is 0 Å². The number of nitrogens with zero attached hydrogens (tertiary/aromatic N) is 2. The fourth-order valence-corrected chi connectivity index (χ4v) is 4.68. The van der Waals surface area contributed by atoms with Gasteiger partial charge in [0.2, 0.25) is 5.91 Å². The Morgan fingerprint density at radius 2 is 1.86 bits per heavy atom. The number of fused-ring (bicyclic) bond motifs is 1. The first kappa shape index (κ1) is 25.3. The minimum atomic E-state index is -0.311. The van der Waals surface area contributed by atoms with Crippen LogP contribution in [0.15, 0.2) is 47.5 Å². The predicted molar refractivity (Wildman–Crippen MR) is 145 cm³/mol. The zero-order valence-corrected chi connectivity index (χ0v) is 21.2. The topological polar surface area (TPSA) is 125 Å². The third-order valence-electron chi connectivity index (χ3n) is 7.01. The van der Waals surface area contributed by atoms with Crippen molar-refractivity contribution in [1.82, 2.24) is 4.57 Å². The van der Waals surface area contributed by atoms with Crippen molar-refractivity contribution in [3.63, 3.8) is 0 Å². The summed E-state index contributed by atoms with van der Waals surface area (Å²) in [5.74, 6) is 0.599. The minimum Gasteiger partial charge on any atom is -0.465 e. The molecule has 8 nitrogen and oxygen atoms in total. The van der Waals surface area contributed by atoms with E-state index >= 15 is 0 Å². The summed E-state index contributed by atoms with van der Waals surface area (Å²) in [4.78, 5) is 25.4. The second kappa shape index (κ2) is 10.8. The van der Waals surface area contributed by atoms with Crippen LogP contribution in [0.2, 0.25) is 0 Å². The molecule has 1 aromatic heterocycles. The van der Waals surface area contributed by atoms with Crippen LogP contribution in [0, 0.1) is 5.92 Å². The highest BCUT2D eigenvalue weighted by molar-refractivity contribution is 6.17. The van der Waals surface area contributed by atoms with Gasteiger partial charge in [-0.15, -0.1) is 0 Å². The normalized spacial score (nSPS) is 16.5. The van der Waals surface area contributed by atoms with Crippen molar-refractivity contribution in [2.75, 3.05) is 18.1 Å². The van der Waals surface area contributed by atoms with E-state index in [4.69, 9.17) is 11.5 Å². The van der Waals surface area contributed by atoms with E-state index in [0.29, 0.717) is 24.1 Å². The van der Waals surface area contributed by atoms with E-state index in [1.54, 1.807) is 0 Å². The third-order valence-corrected chi connectivity index (χ3v) is 7.01. The number of aromatic nitrogens is 1. The summed E-state index contributed by atoms with van der Waals surface area (Å²) in [6, 6.07) is 14.4. The van der Waals surface area contributed by atoms with Crippen LogP contribution in [0.5, 0.6) is 0 Å². The summed E-state index contributed by atoms with van der Waals surface area (Å²) in [5.41, 5.74) is 18.1. The molecule has 0 spiro atoms. The number of hydrogen-bond acceptors (Lipinski definition) is 5. The van der Waals surface area contributed by atoms with Crippen LogP contribution in [-0.2, 0) is 14.3 Å². The smallest absolute Gasteiger partial charge is 0.293 e. The maximum atomic E-state index is 11.7. The van der Waals surface area contributed by atoms with Crippen LogP contribution in [0.25, 0.3) is 22.2 Å². The van der Waals surface area contributed by atoms with Gasteiger partial charge in [-0.05, 0) is 74.8 Å². The SMILES string of the molecule is CC(OC=O)C1CC1.CNc1ccc(-c2c(C(N)=NC(C)=O)c3ccc(N)cc3n2C2CCC2)cc1. The molecule has 3 aromatic rings. The zero-order chi connectivity index (χ0) is 25.8. The lowest BCUT2D eigenvalue weighted by atomic mass is 9.92. The van der Waals surface area contributed by atoms with Crippen LogP contribution in [-0.4, -0.2) is 35.9 Å². The van der Waals surface area contributed by atoms with E-state index in [9.17, 15) is 9.59 Å². The maximum absolute atomic E-state index is 11.7. The van der Waals surface area contributed by atoms with Gasteiger partial charge in [-0.2, -0.15) is 4.99 Å². The van der Waals surface area contributed by atoms with Crippen molar-refractivity contribution >= 4 is 40.5 Å². The lowest BCUT2D eigenvalue weighted by Gasteiger charge is -2.30. The molecule has 2 saturated carbocycles. The number of carbonyl (C=O) groups is 2. The first-order valence-electron chi connectivity index (χ1n) is 12.5. The predicted octanol–water partition coefficient (Wildman–Crippen LogP) is 4.87. The summed E-state index contributed by atoms with van der Waals surface area (Å²) >= 11 is 0. The van der Waals surface area contributed by atoms with Crippen molar-refractivity contribution in [2.24, 2.45) is 16.6 Å². The molecule has 2 aliphatic rings. The number of aliphatic imine (C=N–C) groups is 1. The lowest BCUT2D eigenvalue weighted by Crippen LogP contribution is -2.20. The van der Waals surface area contributed by atoms with Gasteiger partial charge < -0.3 is 26.1 Å². The van der Waals surface area contributed by atoms with Gasteiger partial charge in [-0.1, -0.05) is 18.2 Å². The molecule has 2 fully saturated rings. The number of rotatable bonds is 7. The van der Waals surface area contributed by atoms with Crippen molar-refractivity contribution in [1.29, 1.82) is 0 Å². The molecule has 190 valence electrons. The van der Waals surface area contributed by atoms with Gasteiger partial charge in [-0.3, -0.25) is 9.59 Å². The highest BCUT2D eigenvalue weighted by atomic mass is 16.5. The Morgan fingerprint density at radius 1 is 1.17 bits per heavy atom. The molecule has 8 heteroatoms. The molecule has 1 atom stereocenters. The van der Waals surface area contributed by atoms with Crippen LogP contribution >= 0.6 is 0 Å². The van der Waals surface area contributed by atoms with Crippen molar-refractivity contribution in [2.45, 2.75) is 58.1 Å². The number of benzene rings is 2. The molecule has 0 radical (unpaired) electrons. The Labute approximate surface area is 211 Å². The van der Waals surface area contributed by atoms with Gasteiger partial charge >= 0.3 is 0 Å². The second-order valence-electron chi connectivity index (χ2n) is 9.57. The molecule has 1 amide bonds. The van der Waals surface area contributed by atoms with Crippen LogP contribution in [0.3, 0.4) is 0 Å². The van der Waals surface area contributed by atoms with Gasteiger partial charge in [0.25, 0.3) is 6.47 Å². The number of amides is 1. The summed E-state index contributed by atoms with van der Waals surface area (Å²) in [6.45, 7) is 3.88. The third kappa shape index (κ3) is 5.37. The Morgan fingerprint density at radius 3 is 2.39 bits per heavy atom. The molecular formula is C28H35N5O3. The van der Waals surface area contributed by atoms with Crippen molar-refractivity contribution < 1.29 is 14.3 Å². The van der Waals surface area contributed by atoms with Gasteiger partial charge in [0, 0.05) is 36.8 Å². The quantitative estimate of drug-likeness (QED) is 0.188. The number of anilines is 2. The standard InChI is InChI=1S/C22H25N5O.C6H10O2/c1-13(28)26-22(24)20-18-11-8-15(23)12-19(18)27(17-4-3-5-17)21(20)14-6-9-16(25-2)10-7-14;1-5(8-4-7)6-2-3-6/h6-12,17,25H,3-5,23H2,1-2H3,(H2,24,26,28);4-6H,2-3H2,1H3. The molecule has 0 aliphatic heterocycles. The maximum Gasteiger partial charge on any atom is 0.293 e. The molecule has 2 aromatic carbocycles. The largest absolute Gasteiger partial charge is 0.465 e. The molecule has 5 rings (SSSR count). The van der Waals surface area contributed by atoms with Crippen LogP contribution in [0.1, 0.15) is 57.6 Å². The molecule has 1 heterocycles. The molecule has 0 saturated heterocycles. The summed E-state index contributed by atoms with van der Waals surface area (Å²) < 4.78 is 7.02. The molecular weight excluding hydrogens is 454 g/mol. The Kier molecular flexibility index (Phi) is 7.62. The fraction of sp³-hybridized carbons (Fsp3) is 0.393. The number of nitrogens with one attached hydrogen (secondary N) is 1. The van der Waals surface area contributed by atoms with Crippen LogP contribution < -0.4 is 16.8 Å². The summed E-state index contributed by atoms with van der Waals surface area (Å²) in [5, 5.41) is 4.12. The monoisotopic (exact) mass is 489 g/mol. The van der Waals surface area contributed by atoms with E-state index < -0.39 is 0 Å². The number of ether oxygens (including phenoxy) is 1. The van der Waals surface area contributed by atoms with Gasteiger partial charge in [0.1, 0.15) is 11.9 Å².